The topological polar surface area (TPSA) is 74.4 Å². The monoisotopic (exact) mass is 264 g/mol. The molecular formula is C14H20N2O3. The number of rotatable bonds is 3. The van der Waals surface area contributed by atoms with Crippen molar-refractivity contribution in [3.63, 3.8) is 0 Å². The van der Waals surface area contributed by atoms with E-state index in [1.807, 2.05) is 20.8 Å². The summed E-state index contributed by atoms with van der Waals surface area (Å²) in [6.07, 6.45) is 2.95. The SMILES string of the molecule is CC(C)(C)OC(=O)C1CC(Oc2ccc(N)cn2)C1. The van der Waals surface area contributed by atoms with Crippen molar-refractivity contribution in [2.45, 2.75) is 45.3 Å². The van der Waals surface area contributed by atoms with Crippen molar-refractivity contribution in [2.24, 2.45) is 5.92 Å². The first-order valence-electron chi connectivity index (χ1n) is 6.44. The second kappa shape index (κ2) is 5.07. The predicted molar refractivity (Wildman–Crippen MR) is 71.6 cm³/mol. The van der Waals surface area contributed by atoms with Crippen LogP contribution in [0.2, 0.25) is 0 Å². The summed E-state index contributed by atoms with van der Waals surface area (Å²) in [7, 11) is 0. The molecule has 1 heterocycles. The van der Waals surface area contributed by atoms with Gasteiger partial charge in [-0.1, -0.05) is 0 Å². The van der Waals surface area contributed by atoms with E-state index in [1.54, 1.807) is 18.3 Å². The third-order valence-corrected chi connectivity index (χ3v) is 2.88. The van der Waals surface area contributed by atoms with Crippen molar-refractivity contribution in [1.29, 1.82) is 0 Å². The minimum absolute atomic E-state index is 0.0358. The number of ether oxygens (including phenoxy) is 2. The van der Waals surface area contributed by atoms with E-state index in [1.165, 1.54) is 0 Å². The molecule has 0 bridgehead atoms. The van der Waals surface area contributed by atoms with Crippen molar-refractivity contribution >= 4 is 11.7 Å². The lowest BCUT2D eigenvalue weighted by Crippen LogP contribution is -2.41. The number of aromatic nitrogens is 1. The Morgan fingerprint density at radius 2 is 2.05 bits per heavy atom. The quantitative estimate of drug-likeness (QED) is 0.847. The van der Waals surface area contributed by atoms with Crippen molar-refractivity contribution in [3.05, 3.63) is 18.3 Å². The van der Waals surface area contributed by atoms with E-state index in [0.29, 0.717) is 24.4 Å². The molecule has 0 unspecified atom stereocenters. The molecule has 1 aromatic heterocycles. The van der Waals surface area contributed by atoms with Gasteiger partial charge in [-0.2, -0.15) is 0 Å². The van der Waals surface area contributed by atoms with Gasteiger partial charge in [0.15, 0.2) is 0 Å². The maximum atomic E-state index is 11.8. The Balaban J connectivity index is 1.77. The van der Waals surface area contributed by atoms with Crippen LogP contribution in [0.3, 0.4) is 0 Å². The molecule has 0 aromatic carbocycles. The fraction of sp³-hybridized carbons (Fsp3) is 0.571. The highest BCUT2D eigenvalue weighted by molar-refractivity contribution is 5.74. The fourth-order valence-corrected chi connectivity index (χ4v) is 1.87. The summed E-state index contributed by atoms with van der Waals surface area (Å²) in [4.78, 5) is 15.8. The third kappa shape index (κ3) is 3.84. The number of carbonyl (C=O) groups excluding carboxylic acids is 1. The smallest absolute Gasteiger partial charge is 0.309 e. The largest absolute Gasteiger partial charge is 0.474 e. The summed E-state index contributed by atoms with van der Waals surface area (Å²) in [6.45, 7) is 5.61. The summed E-state index contributed by atoms with van der Waals surface area (Å²) < 4.78 is 11.0. The Bertz CT molecular complexity index is 445. The Kier molecular flexibility index (Phi) is 3.64. The lowest BCUT2D eigenvalue weighted by molar-refractivity contribution is -0.166. The number of hydrogen-bond acceptors (Lipinski definition) is 5. The van der Waals surface area contributed by atoms with E-state index in [0.717, 1.165) is 0 Å². The van der Waals surface area contributed by atoms with Crippen molar-refractivity contribution < 1.29 is 14.3 Å². The van der Waals surface area contributed by atoms with Crippen LogP contribution >= 0.6 is 0 Å². The van der Waals surface area contributed by atoms with E-state index in [4.69, 9.17) is 15.2 Å². The molecule has 1 aromatic rings. The molecule has 2 N–H and O–H groups in total. The van der Waals surface area contributed by atoms with Gasteiger partial charge in [-0.3, -0.25) is 4.79 Å². The molecule has 5 nitrogen and oxygen atoms in total. The lowest BCUT2D eigenvalue weighted by Gasteiger charge is -2.35. The zero-order valence-electron chi connectivity index (χ0n) is 11.6. The minimum Gasteiger partial charge on any atom is -0.474 e. The number of nitrogens with two attached hydrogens (primary N) is 1. The van der Waals surface area contributed by atoms with Gasteiger partial charge in [0, 0.05) is 6.07 Å². The maximum absolute atomic E-state index is 11.8. The molecule has 2 rings (SSSR count). The Labute approximate surface area is 113 Å². The highest BCUT2D eigenvalue weighted by Crippen LogP contribution is 2.32. The number of pyridine rings is 1. The molecule has 0 saturated heterocycles. The van der Waals surface area contributed by atoms with Crippen molar-refractivity contribution in [3.8, 4) is 5.88 Å². The van der Waals surface area contributed by atoms with Gasteiger partial charge in [0.2, 0.25) is 5.88 Å². The highest BCUT2D eigenvalue weighted by Gasteiger charge is 2.38. The van der Waals surface area contributed by atoms with Gasteiger partial charge in [-0.15, -0.1) is 0 Å². The van der Waals surface area contributed by atoms with E-state index in [-0.39, 0.29) is 18.0 Å². The van der Waals surface area contributed by atoms with Gasteiger partial charge in [-0.05, 0) is 39.7 Å². The van der Waals surface area contributed by atoms with Crippen LogP contribution in [0.25, 0.3) is 0 Å². The molecule has 0 radical (unpaired) electrons. The van der Waals surface area contributed by atoms with Crippen LogP contribution in [0, 0.1) is 5.92 Å². The Morgan fingerprint density at radius 1 is 1.37 bits per heavy atom. The number of nitrogen functional groups attached to an aromatic ring is 1. The molecule has 0 aliphatic heterocycles. The molecule has 1 fully saturated rings. The third-order valence-electron chi connectivity index (χ3n) is 2.88. The zero-order valence-corrected chi connectivity index (χ0v) is 11.6. The van der Waals surface area contributed by atoms with Crippen LogP contribution < -0.4 is 10.5 Å². The molecule has 0 amide bonds. The van der Waals surface area contributed by atoms with Gasteiger partial charge in [0.05, 0.1) is 17.8 Å². The zero-order chi connectivity index (χ0) is 14.0. The number of nitrogens with zero attached hydrogens (tertiary/aromatic N) is 1. The Hall–Kier alpha value is -1.78. The second-order valence-electron chi connectivity index (χ2n) is 5.87. The summed E-state index contributed by atoms with van der Waals surface area (Å²) in [5.41, 5.74) is 5.72. The number of anilines is 1. The second-order valence-corrected chi connectivity index (χ2v) is 5.87. The molecule has 0 spiro atoms. The summed E-state index contributed by atoms with van der Waals surface area (Å²) in [6, 6.07) is 3.47. The van der Waals surface area contributed by atoms with Crippen LogP contribution in [-0.2, 0) is 9.53 Å². The van der Waals surface area contributed by atoms with E-state index >= 15 is 0 Å². The molecule has 19 heavy (non-hydrogen) atoms. The average molecular weight is 264 g/mol. The van der Waals surface area contributed by atoms with Gasteiger partial charge in [0.1, 0.15) is 11.7 Å². The van der Waals surface area contributed by atoms with Gasteiger partial charge in [-0.25, -0.2) is 4.98 Å². The standard InChI is InChI=1S/C14H20N2O3/c1-14(2,3)19-13(17)9-6-11(7-9)18-12-5-4-10(15)8-16-12/h4-5,8-9,11H,6-7,15H2,1-3H3. The molecule has 1 saturated carbocycles. The molecule has 5 heteroatoms. The minimum atomic E-state index is -0.429. The maximum Gasteiger partial charge on any atom is 0.309 e. The van der Waals surface area contributed by atoms with Crippen molar-refractivity contribution in [1.82, 2.24) is 4.98 Å². The normalized spacial score (nSPS) is 22.5. The number of hydrogen-bond donors (Lipinski definition) is 1. The first-order valence-corrected chi connectivity index (χ1v) is 6.44. The van der Waals surface area contributed by atoms with Crippen LogP contribution in [0.1, 0.15) is 33.6 Å². The first kappa shape index (κ1) is 13.6. The molecule has 104 valence electrons. The summed E-state index contributed by atoms with van der Waals surface area (Å²) >= 11 is 0. The van der Waals surface area contributed by atoms with Crippen LogP contribution in [-0.4, -0.2) is 22.7 Å². The van der Waals surface area contributed by atoms with Gasteiger partial charge in [0.25, 0.3) is 0 Å². The summed E-state index contributed by atoms with van der Waals surface area (Å²) in [5.74, 6) is 0.345. The average Bonchev–Trinajstić information content (AvgIpc) is 2.22. The van der Waals surface area contributed by atoms with E-state index < -0.39 is 5.60 Å². The van der Waals surface area contributed by atoms with Crippen LogP contribution in [0.4, 0.5) is 5.69 Å². The van der Waals surface area contributed by atoms with E-state index in [2.05, 4.69) is 4.98 Å². The summed E-state index contributed by atoms with van der Waals surface area (Å²) in [5, 5.41) is 0. The molecule has 1 aliphatic carbocycles. The molecule has 1 aliphatic rings. The van der Waals surface area contributed by atoms with Crippen LogP contribution in [0.5, 0.6) is 5.88 Å². The van der Waals surface area contributed by atoms with Crippen LogP contribution in [0.15, 0.2) is 18.3 Å². The van der Waals surface area contributed by atoms with Gasteiger partial charge >= 0.3 is 5.97 Å². The Morgan fingerprint density at radius 3 is 2.58 bits per heavy atom. The van der Waals surface area contributed by atoms with E-state index in [9.17, 15) is 4.79 Å². The predicted octanol–water partition coefficient (Wildman–Crippen LogP) is 2.16. The number of esters is 1. The van der Waals surface area contributed by atoms with Crippen molar-refractivity contribution in [2.75, 3.05) is 5.73 Å². The molecular weight excluding hydrogens is 244 g/mol. The number of carbonyl (C=O) groups is 1. The van der Waals surface area contributed by atoms with Gasteiger partial charge < -0.3 is 15.2 Å². The first-order chi connectivity index (χ1) is 8.83. The fourth-order valence-electron chi connectivity index (χ4n) is 1.87. The lowest BCUT2D eigenvalue weighted by atomic mass is 9.82. The molecule has 0 atom stereocenters. The highest BCUT2D eigenvalue weighted by atomic mass is 16.6.